The SMILES string of the molecule is CC(C)(C)OC(=O)NC1(COc2cc(Cl)cc(C#N)c2)CC1. The highest BCUT2D eigenvalue weighted by Crippen LogP contribution is 2.36. The van der Waals surface area contributed by atoms with Gasteiger partial charge in [-0.3, -0.25) is 0 Å². The second-order valence-electron chi connectivity index (χ2n) is 6.48. The van der Waals surface area contributed by atoms with Gasteiger partial charge < -0.3 is 14.8 Å². The van der Waals surface area contributed by atoms with Gasteiger partial charge >= 0.3 is 6.09 Å². The molecule has 0 bridgehead atoms. The van der Waals surface area contributed by atoms with E-state index in [9.17, 15) is 4.79 Å². The van der Waals surface area contributed by atoms with E-state index < -0.39 is 17.2 Å². The van der Waals surface area contributed by atoms with Gasteiger partial charge in [-0.15, -0.1) is 0 Å². The quantitative estimate of drug-likeness (QED) is 0.918. The standard InChI is InChI=1S/C16H19ClN2O3/c1-15(2,3)22-14(20)19-16(4-5-16)10-21-13-7-11(9-18)6-12(17)8-13/h6-8H,4-5,10H2,1-3H3,(H,19,20). The van der Waals surface area contributed by atoms with E-state index in [-0.39, 0.29) is 0 Å². The number of halogens is 1. The van der Waals surface area contributed by atoms with Gasteiger partial charge in [-0.2, -0.15) is 5.26 Å². The van der Waals surface area contributed by atoms with E-state index in [0.717, 1.165) is 12.8 Å². The zero-order valence-corrected chi connectivity index (χ0v) is 13.7. The molecule has 118 valence electrons. The van der Waals surface area contributed by atoms with Gasteiger partial charge in [-0.1, -0.05) is 11.6 Å². The Kier molecular flexibility index (Phi) is 4.52. The zero-order valence-electron chi connectivity index (χ0n) is 12.9. The van der Waals surface area contributed by atoms with Crippen molar-refractivity contribution in [1.29, 1.82) is 5.26 Å². The molecule has 0 spiro atoms. The van der Waals surface area contributed by atoms with E-state index in [0.29, 0.717) is 22.9 Å². The average molecular weight is 323 g/mol. The third-order valence-corrected chi connectivity index (χ3v) is 3.35. The molecule has 6 heteroatoms. The summed E-state index contributed by atoms with van der Waals surface area (Å²) in [5.41, 5.74) is -0.486. The number of ether oxygens (including phenoxy) is 2. The summed E-state index contributed by atoms with van der Waals surface area (Å²) in [6.45, 7) is 5.77. The van der Waals surface area contributed by atoms with Crippen LogP contribution in [-0.2, 0) is 4.74 Å². The van der Waals surface area contributed by atoms with Gasteiger partial charge in [-0.25, -0.2) is 4.79 Å². The first-order chi connectivity index (χ1) is 10.2. The number of nitrogens with zero attached hydrogens (tertiary/aromatic N) is 1. The first-order valence-corrected chi connectivity index (χ1v) is 7.44. The van der Waals surface area contributed by atoms with Gasteiger partial charge in [0.05, 0.1) is 17.2 Å². The fraction of sp³-hybridized carbons (Fsp3) is 0.500. The predicted octanol–water partition coefficient (Wildman–Crippen LogP) is 3.65. The minimum atomic E-state index is -0.532. The summed E-state index contributed by atoms with van der Waals surface area (Å²) < 4.78 is 10.9. The molecule has 0 saturated heterocycles. The van der Waals surface area contributed by atoms with Crippen LogP contribution < -0.4 is 10.1 Å². The van der Waals surface area contributed by atoms with Gasteiger partial charge in [0.2, 0.25) is 0 Å². The third-order valence-electron chi connectivity index (χ3n) is 3.14. The number of rotatable bonds is 4. The number of hydrogen-bond acceptors (Lipinski definition) is 4. The smallest absolute Gasteiger partial charge is 0.408 e. The molecule has 1 N–H and O–H groups in total. The Morgan fingerprint density at radius 3 is 2.64 bits per heavy atom. The van der Waals surface area contributed by atoms with Crippen LogP contribution in [0.4, 0.5) is 4.79 Å². The first-order valence-electron chi connectivity index (χ1n) is 7.06. The Labute approximate surface area is 135 Å². The molecule has 0 atom stereocenters. The van der Waals surface area contributed by atoms with Crippen LogP contribution in [0.2, 0.25) is 5.02 Å². The second kappa shape index (κ2) is 6.05. The van der Waals surface area contributed by atoms with E-state index in [1.54, 1.807) is 18.2 Å². The molecule has 1 aliphatic carbocycles. The normalized spacial score (nSPS) is 15.6. The van der Waals surface area contributed by atoms with Gasteiger partial charge in [0.15, 0.2) is 0 Å². The second-order valence-corrected chi connectivity index (χ2v) is 6.92. The van der Waals surface area contributed by atoms with Crippen molar-refractivity contribution in [1.82, 2.24) is 5.32 Å². The predicted molar refractivity (Wildman–Crippen MR) is 83.0 cm³/mol. The molecule has 1 saturated carbocycles. The highest BCUT2D eigenvalue weighted by molar-refractivity contribution is 6.30. The summed E-state index contributed by atoms with van der Waals surface area (Å²) >= 11 is 5.93. The van der Waals surface area contributed by atoms with E-state index >= 15 is 0 Å². The fourth-order valence-corrected chi connectivity index (χ4v) is 2.13. The van der Waals surface area contributed by atoms with Gasteiger partial charge in [0, 0.05) is 5.02 Å². The van der Waals surface area contributed by atoms with Crippen LogP contribution in [0.25, 0.3) is 0 Å². The molecule has 0 radical (unpaired) electrons. The number of carbonyl (C=O) groups is 1. The summed E-state index contributed by atoms with van der Waals surface area (Å²) in [4.78, 5) is 11.8. The molecule has 1 amide bonds. The summed E-state index contributed by atoms with van der Waals surface area (Å²) in [6.07, 6.45) is 1.22. The van der Waals surface area contributed by atoms with Crippen molar-refractivity contribution >= 4 is 17.7 Å². The lowest BCUT2D eigenvalue weighted by molar-refractivity contribution is 0.0477. The van der Waals surface area contributed by atoms with Crippen LogP contribution >= 0.6 is 11.6 Å². The van der Waals surface area contributed by atoms with Crippen LogP contribution in [0.15, 0.2) is 18.2 Å². The fourth-order valence-electron chi connectivity index (χ4n) is 1.91. The lowest BCUT2D eigenvalue weighted by atomic mass is 10.2. The Morgan fingerprint density at radius 2 is 2.09 bits per heavy atom. The summed E-state index contributed by atoms with van der Waals surface area (Å²) in [5.74, 6) is 0.515. The maximum absolute atomic E-state index is 11.8. The van der Waals surface area contributed by atoms with Crippen molar-refractivity contribution in [2.75, 3.05) is 6.61 Å². The van der Waals surface area contributed by atoms with Crippen LogP contribution in [0.1, 0.15) is 39.2 Å². The molecule has 5 nitrogen and oxygen atoms in total. The largest absolute Gasteiger partial charge is 0.491 e. The van der Waals surface area contributed by atoms with Crippen LogP contribution in [0, 0.1) is 11.3 Å². The average Bonchev–Trinajstić information content (AvgIpc) is 3.13. The highest BCUT2D eigenvalue weighted by Gasteiger charge is 2.46. The number of alkyl carbamates (subject to hydrolysis) is 1. The molecule has 0 aliphatic heterocycles. The monoisotopic (exact) mass is 322 g/mol. The van der Waals surface area contributed by atoms with Crippen molar-refractivity contribution in [2.24, 2.45) is 0 Å². The molecule has 0 heterocycles. The summed E-state index contributed by atoms with van der Waals surface area (Å²) in [7, 11) is 0. The van der Waals surface area contributed by atoms with Crippen molar-refractivity contribution in [2.45, 2.75) is 44.8 Å². The molecular weight excluding hydrogens is 304 g/mol. The Hall–Kier alpha value is -1.93. The van der Waals surface area contributed by atoms with E-state index in [2.05, 4.69) is 5.32 Å². The highest BCUT2D eigenvalue weighted by atomic mass is 35.5. The van der Waals surface area contributed by atoms with Crippen LogP contribution in [0.3, 0.4) is 0 Å². The van der Waals surface area contributed by atoms with Crippen molar-refractivity contribution < 1.29 is 14.3 Å². The number of nitriles is 1. The van der Waals surface area contributed by atoms with Gasteiger partial charge in [0.1, 0.15) is 18.0 Å². The number of amides is 1. The molecular formula is C16H19ClN2O3. The number of hydrogen-bond donors (Lipinski definition) is 1. The number of carbonyl (C=O) groups excluding carboxylic acids is 1. The zero-order chi connectivity index (χ0) is 16.4. The summed E-state index contributed by atoms with van der Waals surface area (Å²) in [5, 5.41) is 12.2. The molecule has 1 fully saturated rings. The van der Waals surface area contributed by atoms with E-state index in [1.807, 2.05) is 26.8 Å². The van der Waals surface area contributed by atoms with Gasteiger partial charge in [-0.05, 0) is 51.8 Å². The number of benzene rings is 1. The molecule has 22 heavy (non-hydrogen) atoms. The minimum Gasteiger partial charge on any atom is -0.491 e. The molecule has 0 unspecified atom stereocenters. The summed E-state index contributed by atoms with van der Waals surface area (Å²) in [6, 6.07) is 6.86. The molecule has 1 aliphatic rings. The van der Waals surface area contributed by atoms with E-state index in [1.165, 1.54) is 0 Å². The van der Waals surface area contributed by atoms with Crippen LogP contribution in [-0.4, -0.2) is 23.8 Å². The van der Waals surface area contributed by atoms with Crippen LogP contribution in [0.5, 0.6) is 5.75 Å². The molecule has 1 aromatic rings. The molecule has 2 rings (SSSR count). The first kappa shape index (κ1) is 16.4. The lowest BCUT2D eigenvalue weighted by Gasteiger charge is -2.23. The van der Waals surface area contributed by atoms with Crippen molar-refractivity contribution in [3.05, 3.63) is 28.8 Å². The van der Waals surface area contributed by atoms with Crippen molar-refractivity contribution in [3.8, 4) is 11.8 Å². The molecule has 1 aromatic carbocycles. The number of nitrogens with one attached hydrogen (secondary N) is 1. The maximum atomic E-state index is 11.8. The van der Waals surface area contributed by atoms with Crippen molar-refractivity contribution in [3.63, 3.8) is 0 Å². The Bertz CT molecular complexity index is 613. The molecule has 0 aromatic heterocycles. The topological polar surface area (TPSA) is 71.3 Å². The maximum Gasteiger partial charge on any atom is 0.408 e. The third kappa shape index (κ3) is 4.81. The Balaban J connectivity index is 1.93. The lowest BCUT2D eigenvalue weighted by Crippen LogP contribution is -2.44. The van der Waals surface area contributed by atoms with Gasteiger partial charge in [0.25, 0.3) is 0 Å². The Morgan fingerprint density at radius 1 is 1.41 bits per heavy atom. The minimum absolute atomic E-state index is 0.317. The van der Waals surface area contributed by atoms with E-state index in [4.69, 9.17) is 26.3 Å².